The van der Waals surface area contributed by atoms with Crippen LogP contribution in [0.1, 0.15) is 21.7 Å². The van der Waals surface area contributed by atoms with E-state index in [2.05, 4.69) is 5.10 Å². The van der Waals surface area contributed by atoms with Crippen LogP contribution in [0.3, 0.4) is 0 Å². The number of hydrogen-bond acceptors (Lipinski definition) is 4. The normalized spacial score (nSPS) is 10.5. The third-order valence-electron chi connectivity index (χ3n) is 2.73. The minimum Gasteiger partial charge on any atom is -0.267 e. The molecule has 2 aromatic rings. The van der Waals surface area contributed by atoms with Crippen LogP contribution in [-0.2, 0) is 0 Å². The molecule has 0 N–H and O–H groups in total. The summed E-state index contributed by atoms with van der Waals surface area (Å²) in [6, 6.07) is 6.49. The molecule has 98 valence electrons. The van der Waals surface area contributed by atoms with Crippen LogP contribution in [0.5, 0.6) is 0 Å². The molecule has 0 atom stereocenters. The highest BCUT2D eigenvalue weighted by Crippen LogP contribution is 2.24. The maximum absolute atomic E-state index is 12.3. The van der Waals surface area contributed by atoms with Crippen LogP contribution < -0.4 is 0 Å². The average Bonchev–Trinajstić information content (AvgIpc) is 2.64. The fraction of sp³-hybridized carbons (Fsp3) is 0.167. The summed E-state index contributed by atoms with van der Waals surface area (Å²) in [5.41, 5.74) is 0.486. The Morgan fingerprint density at radius 3 is 2.53 bits per heavy atom. The van der Waals surface area contributed by atoms with Crippen molar-refractivity contribution < 1.29 is 9.72 Å². The predicted octanol–water partition coefficient (Wildman–Crippen LogP) is 2.75. The average molecular weight is 280 g/mol. The molecule has 1 aromatic heterocycles. The second kappa shape index (κ2) is 4.81. The molecule has 0 amide bonds. The van der Waals surface area contributed by atoms with Gasteiger partial charge in [0.1, 0.15) is 11.4 Å². The van der Waals surface area contributed by atoms with Gasteiger partial charge in [0, 0.05) is 0 Å². The van der Waals surface area contributed by atoms with E-state index in [4.69, 9.17) is 11.6 Å². The summed E-state index contributed by atoms with van der Waals surface area (Å²) in [6.45, 7) is 2.97. The van der Waals surface area contributed by atoms with Crippen molar-refractivity contribution in [2.75, 3.05) is 0 Å². The fourth-order valence-electron chi connectivity index (χ4n) is 1.85. The van der Waals surface area contributed by atoms with Crippen molar-refractivity contribution >= 4 is 23.2 Å². The van der Waals surface area contributed by atoms with Crippen molar-refractivity contribution in [2.24, 2.45) is 0 Å². The fourth-order valence-corrected chi connectivity index (χ4v) is 2.06. The van der Waals surface area contributed by atoms with Crippen LogP contribution in [0, 0.1) is 24.0 Å². The molecule has 1 aromatic carbocycles. The standard InChI is InChI=1S/C12H10ClN3O3/c1-7-11(16(18)19)8(2)15(14-7)12(17)9-5-3-4-6-10(9)13/h3-6H,1-2H3. The first-order valence-electron chi connectivity index (χ1n) is 5.43. The molecular weight excluding hydrogens is 270 g/mol. The van der Waals surface area contributed by atoms with Crippen molar-refractivity contribution in [3.8, 4) is 0 Å². The molecule has 2 rings (SSSR count). The number of benzene rings is 1. The molecule has 1 heterocycles. The van der Waals surface area contributed by atoms with Gasteiger partial charge in [0.25, 0.3) is 5.91 Å². The lowest BCUT2D eigenvalue weighted by Gasteiger charge is -2.04. The van der Waals surface area contributed by atoms with Crippen molar-refractivity contribution in [3.05, 3.63) is 56.4 Å². The number of nitro groups is 1. The maximum Gasteiger partial charge on any atom is 0.313 e. The van der Waals surface area contributed by atoms with Gasteiger partial charge in [-0.2, -0.15) is 9.78 Å². The van der Waals surface area contributed by atoms with Crippen LogP contribution >= 0.6 is 11.6 Å². The summed E-state index contributed by atoms with van der Waals surface area (Å²) in [5, 5.41) is 15.1. The molecule has 0 aliphatic heterocycles. The van der Waals surface area contributed by atoms with Crippen molar-refractivity contribution in [1.82, 2.24) is 9.78 Å². The second-order valence-electron chi connectivity index (χ2n) is 3.97. The van der Waals surface area contributed by atoms with Gasteiger partial charge in [0.2, 0.25) is 0 Å². The van der Waals surface area contributed by atoms with Gasteiger partial charge in [0.15, 0.2) is 0 Å². The van der Waals surface area contributed by atoms with Gasteiger partial charge < -0.3 is 0 Å². The van der Waals surface area contributed by atoms with E-state index < -0.39 is 10.8 Å². The highest BCUT2D eigenvalue weighted by molar-refractivity contribution is 6.33. The van der Waals surface area contributed by atoms with Gasteiger partial charge in [-0.15, -0.1) is 0 Å². The van der Waals surface area contributed by atoms with E-state index in [9.17, 15) is 14.9 Å². The van der Waals surface area contributed by atoms with Crippen LogP contribution in [0.25, 0.3) is 0 Å². The molecule has 19 heavy (non-hydrogen) atoms. The monoisotopic (exact) mass is 279 g/mol. The van der Waals surface area contributed by atoms with Crippen molar-refractivity contribution in [2.45, 2.75) is 13.8 Å². The molecule has 0 bridgehead atoms. The molecule has 0 fully saturated rings. The van der Waals surface area contributed by atoms with Crippen LogP contribution in [-0.4, -0.2) is 20.6 Å². The summed E-state index contributed by atoms with van der Waals surface area (Å²) < 4.78 is 1.01. The Hall–Kier alpha value is -2.21. The number of halogens is 1. The zero-order chi connectivity index (χ0) is 14.2. The van der Waals surface area contributed by atoms with E-state index in [0.29, 0.717) is 0 Å². The number of aryl methyl sites for hydroxylation is 1. The SMILES string of the molecule is Cc1nn(C(=O)c2ccccc2Cl)c(C)c1[N+](=O)[O-]. The molecule has 6 nitrogen and oxygen atoms in total. The molecular formula is C12H10ClN3O3. The van der Waals surface area contributed by atoms with E-state index in [1.54, 1.807) is 24.3 Å². The Bertz CT molecular complexity index is 679. The largest absolute Gasteiger partial charge is 0.313 e. The Balaban J connectivity index is 2.55. The highest BCUT2D eigenvalue weighted by Gasteiger charge is 2.26. The zero-order valence-electron chi connectivity index (χ0n) is 10.3. The van der Waals surface area contributed by atoms with E-state index >= 15 is 0 Å². The first-order chi connectivity index (χ1) is 8.93. The number of nitrogens with zero attached hydrogens (tertiary/aromatic N) is 3. The number of aromatic nitrogens is 2. The zero-order valence-corrected chi connectivity index (χ0v) is 11.0. The van der Waals surface area contributed by atoms with Gasteiger partial charge in [0.05, 0.1) is 15.5 Å². The molecule has 0 radical (unpaired) electrons. The van der Waals surface area contributed by atoms with Crippen LogP contribution in [0.4, 0.5) is 5.69 Å². The summed E-state index contributed by atoms with van der Waals surface area (Å²) in [5.74, 6) is -0.487. The van der Waals surface area contributed by atoms with E-state index in [-0.39, 0.29) is 27.7 Å². The summed E-state index contributed by atoms with van der Waals surface area (Å²) >= 11 is 5.93. The van der Waals surface area contributed by atoms with Gasteiger partial charge in [-0.05, 0) is 26.0 Å². The van der Waals surface area contributed by atoms with Gasteiger partial charge in [-0.25, -0.2) is 0 Å². The number of rotatable bonds is 2. The summed E-state index contributed by atoms with van der Waals surface area (Å²) in [6.07, 6.45) is 0. The predicted molar refractivity (Wildman–Crippen MR) is 69.5 cm³/mol. The molecule has 0 aliphatic carbocycles. The second-order valence-corrected chi connectivity index (χ2v) is 4.38. The Kier molecular flexibility index (Phi) is 3.35. The van der Waals surface area contributed by atoms with E-state index in [1.807, 2.05) is 0 Å². The molecule has 7 heteroatoms. The van der Waals surface area contributed by atoms with Crippen LogP contribution in [0.15, 0.2) is 24.3 Å². The van der Waals surface area contributed by atoms with Crippen molar-refractivity contribution in [3.63, 3.8) is 0 Å². The lowest BCUT2D eigenvalue weighted by molar-refractivity contribution is -0.386. The number of carbonyl (C=O) groups excluding carboxylic acids is 1. The van der Waals surface area contributed by atoms with Gasteiger partial charge in [-0.3, -0.25) is 14.9 Å². The van der Waals surface area contributed by atoms with Crippen molar-refractivity contribution in [1.29, 1.82) is 0 Å². The Morgan fingerprint density at radius 2 is 2.00 bits per heavy atom. The smallest absolute Gasteiger partial charge is 0.267 e. The number of hydrogen-bond donors (Lipinski definition) is 0. The lowest BCUT2D eigenvalue weighted by atomic mass is 10.2. The molecule has 0 spiro atoms. The molecule has 0 saturated carbocycles. The first-order valence-corrected chi connectivity index (χ1v) is 5.81. The minimum atomic E-state index is -0.548. The quantitative estimate of drug-likeness (QED) is 0.625. The third kappa shape index (κ3) is 2.22. The van der Waals surface area contributed by atoms with Gasteiger partial charge in [-0.1, -0.05) is 23.7 Å². The first kappa shape index (κ1) is 13.2. The van der Waals surface area contributed by atoms with E-state index in [1.165, 1.54) is 13.8 Å². The number of carbonyl (C=O) groups is 1. The van der Waals surface area contributed by atoms with E-state index in [0.717, 1.165) is 4.68 Å². The third-order valence-corrected chi connectivity index (χ3v) is 3.06. The minimum absolute atomic E-state index is 0.152. The molecule has 0 unspecified atom stereocenters. The summed E-state index contributed by atoms with van der Waals surface area (Å²) in [7, 11) is 0. The molecule has 0 saturated heterocycles. The highest BCUT2D eigenvalue weighted by atomic mass is 35.5. The summed E-state index contributed by atoms with van der Waals surface area (Å²) in [4.78, 5) is 22.6. The van der Waals surface area contributed by atoms with Crippen LogP contribution in [0.2, 0.25) is 5.02 Å². The maximum atomic E-state index is 12.3. The molecule has 0 aliphatic rings. The topological polar surface area (TPSA) is 78.0 Å². The Morgan fingerprint density at radius 1 is 1.37 bits per heavy atom. The lowest BCUT2D eigenvalue weighted by Crippen LogP contribution is -2.15. The van der Waals surface area contributed by atoms with Gasteiger partial charge >= 0.3 is 5.69 Å². The Labute approximate surface area is 113 Å².